The zero-order valence-electron chi connectivity index (χ0n) is 11.1. The fourth-order valence-electron chi connectivity index (χ4n) is 1.97. The number of aryl methyl sites for hydroxylation is 1. The Balaban J connectivity index is 2.12. The van der Waals surface area contributed by atoms with Crippen LogP contribution in [0.1, 0.15) is 5.56 Å². The standard InChI is InChI=1S/C14H11BrFN5/c1-8-6-9(2-5-13(8)17)14-18-19-20-21(14)10-3-4-12(16)11(15)7-10/h2-7H,17H2,1H3. The number of nitrogens with zero attached hydrogens (tertiary/aromatic N) is 4. The van der Waals surface area contributed by atoms with Crippen LogP contribution in [0.2, 0.25) is 0 Å². The molecule has 0 saturated heterocycles. The van der Waals surface area contributed by atoms with Crippen molar-refractivity contribution >= 4 is 21.6 Å². The molecule has 0 saturated carbocycles. The number of nitrogen functional groups attached to an aromatic ring is 1. The van der Waals surface area contributed by atoms with Gasteiger partial charge in [-0.1, -0.05) is 0 Å². The van der Waals surface area contributed by atoms with Gasteiger partial charge in [0.05, 0.1) is 10.2 Å². The molecule has 2 N–H and O–H groups in total. The predicted molar refractivity (Wildman–Crippen MR) is 81.4 cm³/mol. The van der Waals surface area contributed by atoms with E-state index in [0.29, 0.717) is 21.7 Å². The Morgan fingerprint density at radius 2 is 2.00 bits per heavy atom. The summed E-state index contributed by atoms with van der Waals surface area (Å²) in [5, 5.41) is 11.7. The molecule has 0 atom stereocenters. The minimum absolute atomic E-state index is 0.336. The Kier molecular flexibility index (Phi) is 3.42. The smallest absolute Gasteiger partial charge is 0.187 e. The lowest BCUT2D eigenvalue weighted by Gasteiger charge is -2.07. The second-order valence-electron chi connectivity index (χ2n) is 4.58. The summed E-state index contributed by atoms with van der Waals surface area (Å²) in [4.78, 5) is 0. The lowest BCUT2D eigenvalue weighted by atomic mass is 10.1. The molecule has 5 nitrogen and oxygen atoms in total. The first-order chi connectivity index (χ1) is 10.1. The van der Waals surface area contributed by atoms with Gasteiger partial charge in [-0.25, -0.2) is 4.39 Å². The molecule has 0 bridgehead atoms. The van der Waals surface area contributed by atoms with Crippen LogP contribution in [0.25, 0.3) is 17.1 Å². The highest BCUT2D eigenvalue weighted by Crippen LogP contribution is 2.25. The van der Waals surface area contributed by atoms with E-state index in [1.165, 1.54) is 6.07 Å². The first-order valence-electron chi connectivity index (χ1n) is 6.16. The Labute approximate surface area is 128 Å². The molecule has 1 heterocycles. The molecule has 2 aromatic carbocycles. The second-order valence-corrected chi connectivity index (χ2v) is 5.44. The Morgan fingerprint density at radius 1 is 1.19 bits per heavy atom. The monoisotopic (exact) mass is 347 g/mol. The fourth-order valence-corrected chi connectivity index (χ4v) is 2.34. The molecule has 3 aromatic rings. The van der Waals surface area contributed by atoms with E-state index in [1.807, 2.05) is 25.1 Å². The first kappa shape index (κ1) is 13.7. The van der Waals surface area contributed by atoms with Crippen LogP contribution in [-0.2, 0) is 0 Å². The Hall–Kier alpha value is -2.28. The maximum Gasteiger partial charge on any atom is 0.187 e. The van der Waals surface area contributed by atoms with Gasteiger partial charge < -0.3 is 5.73 Å². The third-order valence-corrected chi connectivity index (χ3v) is 3.75. The summed E-state index contributed by atoms with van der Waals surface area (Å²) in [5.41, 5.74) is 8.98. The molecule has 21 heavy (non-hydrogen) atoms. The maximum atomic E-state index is 13.3. The highest BCUT2D eigenvalue weighted by Gasteiger charge is 2.12. The van der Waals surface area contributed by atoms with E-state index in [4.69, 9.17) is 5.73 Å². The summed E-state index contributed by atoms with van der Waals surface area (Å²) >= 11 is 3.16. The van der Waals surface area contributed by atoms with E-state index < -0.39 is 0 Å². The molecular weight excluding hydrogens is 337 g/mol. The van der Waals surface area contributed by atoms with Crippen LogP contribution in [0, 0.1) is 12.7 Å². The zero-order valence-corrected chi connectivity index (χ0v) is 12.7. The Morgan fingerprint density at radius 3 is 2.71 bits per heavy atom. The van der Waals surface area contributed by atoms with Crippen molar-refractivity contribution < 1.29 is 4.39 Å². The molecule has 0 aliphatic heterocycles. The summed E-state index contributed by atoms with van der Waals surface area (Å²) in [6, 6.07) is 10.2. The quantitative estimate of drug-likeness (QED) is 0.723. The molecule has 0 fully saturated rings. The van der Waals surface area contributed by atoms with Crippen LogP contribution < -0.4 is 5.73 Å². The van der Waals surface area contributed by atoms with Crippen LogP contribution in [0.5, 0.6) is 0 Å². The number of anilines is 1. The SMILES string of the molecule is Cc1cc(-c2nnnn2-c2ccc(F)c(Br)c2)ccc1N. The third-order valence-electron chi connectivity index (χ3n) is 3.15. The number of tetrazole rings is 1. The minimum Gasteiger partial charge on any atom is -0.399 e. The number of hydrogen-bond donors (Lipinski definition) is 1. The largest absolute Gasteiger partial charge is 0.399 e. The van der Waals surface area contributed by atoms with E-state index in [2.05, 4.69) is 31.5 Å². The van der Waals surface area contributed by atoms with Gasteiger partial charge in [-0.2, -0.15) is 4.68 Å². The minimum atomic E-state index is -0.336. The first-order valence-corrected chi connectivity index (χ1v) is 6.96. The van der Waals surface area contributed by atoms with Gasteiger partial charge in [-0.3, -0.25) is 0 Å². The van der Waals surface area contributed by atoms with Crippen molar-refractivity contribution in [3.63, 3.8) is 0 Å². The zero-order chi connectivity index (χ0) is 15.0. The molecule has 0 unspecified atom stereocenters. The van der Waals surface area contributed by atoms with Gasteiger partial charge >= 0.3 is 0 Å². The van der Waals surface area contributed by atoms with E-state index in [-0.39, 0.29) is 5.82 Å². The molecule has 0 radical (unpaired) electrons. The molecule has 0 amide bonds. The third kappa shape index (κ3) is 2.52. The second kappa shape index (κ2) is 5.25. The van der Waals surface area contributed by atoms with Crippen molar-refractivity contribution in [1.82, 2.24) is 20.2 Å². The van der Waals surface area contributed by atoms with E-state index >= 15 is 0 Å². The van der Waals surface area contributed by atoms with Crippen LogP contribution >= 0.6 is 15.9 Å². The predicted octanol–water partition coefficient (Wildman–Crippen LogP) is 3.12. The number of hydrogen-bond acceptors (Lipinski definition) is 4. The summed E-state index contributed by atoms with van der Waals surface area (Å²) in [6.45, 7) is 1.92. The average molecular weight is 348 g/mol. The summed E-state index contributed by atoms with van der Waals surface area (Å²) in [7, 11) is 0. The van der Waals surface area contributed by atoms with Crippen molar-refractivity contribution in [3.8, 4) is 17.1 Å². The van der Waals surface area contributed by atoms with Crippen molar-refractivity contribution in [2.45, 2.75) is 6.92 Å². The highest BCUT2D eigenvalue weighted by molar-refractivity contribution is 9.10. The van der Waals surface area contributed by atoms with E-state index in [0.717, 1.165) is 11.1 Å². The fraction of sp³-hybridized carbons (Fsp3) is 0.0714. The molecule has 0 spiro atoms. The van der Waals surface area contributed by atoms with Gasteiger partial charge in [0, 0.05) is 11.3 Å². The van der Waals surface area contributed by atoms with Gasteiger partial charge in [0.2, 0.25) is 0 Å². The van der Waals surface area contributed by atoms with Crippen LogP contribution in [0.3, 0.4) is 0 Å². The van der Waals surface area contributed by atoms with Crippen LogP contribution in [-0.4, -0.2) is 20.2 Å². The van der Waals surface area contributed by atoms with Crippen molar-refractivity contribution in [2.24, 2.45) is 0 Å². The molecule has 1 aromatic heterocycles. The maximum absolute atomic E-state index is 13.3. The molecule has 106 valence electrons. The van der Waals surface area contributed by atoms with Gasteiger partial charge in [0.15, 0.2) is 5.82 Å². The number of rotatable bonds is 2. The van der Waals surface area contributed by atoms with Gasteiger partial charge in [-0.15, -0.1) is 5.10 Å². The van der Waals surface area contributed by atoms with Gasteiger partial charge in [0.25, 0.3) is 0 Å². The molecule has 7 heteroatoms. The highest BCUT2D eigenvalue weighted by atomic mass is 79.9. The lowest BCUT2D eigenvalue weighted by Crippen LogP contribution is -2.01. The summed E-state index contributed by atoms with van der Waals surface area (Å²) in [6.07, 6.45) is 0. The van der Waals surface area contributed by atoms with Crippen molar-refractivity contribution in [2.75, 3.05) is 5.73 Å². The van der Waals surface area contributed by atoms with E-state index in [1.54, 1.807) is 16.8 Å². The summed E-state index contributed by atoms with van der Waals surface area (Å²) < 4.78 is 15.2. The average Bonchev–Trinajstić information content (AvgIpc) is 2.94. The van der Waals surface area contributed by atoms with Crippen molar-refractivity contribution in [3.05, 3.63) is 52.3 Å². The number of benzene rings is 2. The van der Waals surface area contributed by atoms with Crippen LogP contribution in [0.4, 0.5) is 10.1 Å². The van der Waals surface area contributed by atoms with Gasteiger partial charge in [-0.05, 0) is 75.2 Å². The topological polar surface area (TPSA) is 69.6 Å². The lowest BCUT2D eigenvalue weighted by molar-refractivity contribution is 0.620. The summed E-state index contributed by atoms with van der Waals surface area (Å²) in [5.74, 6) is 0.230. The Bertz CT molecular complexity index is 749. The molecule has 3 rings (SSSR count). The molecule has 0 aliphatic carbocycles. The number of nitrogens with two attached hydrogens (primary N) is 1. The number of aromatic nitrogens is 4. The molecule has 0 aliphatic rings. The van der Waals surface area contributed by atoms with Gasteiger partial charge in [0.1, 0.15) is 5.82 Å². The number of halogens is 2. The van der Waals surface area contributed by atoms with E-state index in [9.17, 15) is 4.39 Å². The normalized spacial score (nSPS) is 10.8. The van der Waals surface area contributed by atoms with Crippen molar-refractivity contribution in [1.29, 1.82) is 0 Å². The molecular formula is C14H11BrFN5. The van der Waals surface area contributed by atoms with Crippen LogP contribution in [0.15, 0.2) is 40.9 Å².